The van der Waals surface area contributed by atoms with Crippen molar-refractivity contribution in [2.75, 3.05) is 13.1 Å². The molecule has 1 aliphatic heterocycles. The molecule has 1 saturated carbocycles. The number of benzene rings is 1. The molecule has 1 aromatic carbocycles. The number of fused-ring (bicyclic) bond motifs is 1. The molecule has 2 heteroatoms. The molecule has 1 N–H and O–H groups in total. The van der Waals surface area contributed by atoms with Gasteiger partial charge in [0.15, 0.2) is 0 Å². The van der Waals surface area contributed by atoms with E-state index in [0.717, 1.165) is 23.9 Å². The summed E-state index contributed by atoms with van der Waals surface area (Å²) < 4.78 is 0. The van der Waals surface area contributed by atoms with Crippen LogP contribution in [0.1, 0.15) is 23.5 Å². The van der Waals surface area contributed by atoms with Crippen molar-refractivity contribution in [1.29, 1.82) is 5.26 Å². The predicted octanol–water partition coefficient (Wildman–Crippen LogP) is 1.88. The van der Waals surface area contributed by atoms with E-state index < -0.39 is 0 Å². The quantitative estimate of drug-likeness (QED) is 0.748. The molecule has 2 aliphatic rings. The van der Waals surface area contributed by atoms with Crippen LogP contribution < -0.4 is 5.32 Å². The van der Waals surface area contributed by atoms with Crippen LogP contribution in [0.2, 0.25) is 0 Å². The van der Waals surface area contributed by atoms with E-state index in [1.54, 1.807) is 0 Å². The molecule has 1 heterocycles. The van der Waals surface area contributed by atoms with Gasteiger partial charge in [0.2, 0.25) is 0 Å². The van der Waals surface area contributed by atoms with Gasteiger partial charge in [-0.25, -0.2) is 0 Å². The zero-order valence-electron chi connectivity index (χ0n) is 8.61. The molecule has 3 atom stereocenters. The molecule has 76 valence electrons. The average Bonchev–Trinajstić information content (AvgIpc) is 2.61. The summed E-state index contributed by atoms with van der Waals surface area (Å²) in [5.41, 5.74) is 2.15. The number of nitrogens with zero attached hydrogens (tertiary/aromatic N) is 1. The Morgan fingerprint density at radius 2 is 2.27 bits per heavy atom. The van der Waals surface area contributed by atoms with Crippen molar-refractivity contribution in [2.45, 2.75) is 12.3 Å². The predicted molar refractivity (Wildman–Crippen MR) is 58.4 cm³/mol. The van der Waals surface area contributed by atoms with Crippen LogP contribution in [0, 0.1) is 23.2 Å². The molecule has 15 heavy (non-hydrogen) atoms. The van der Waals surface area contributed by atoms with E-state index in [2.05, 4.69) is 23.5 Å². The third-order valence-electron chi connectivity index (χ3n) is 3.91. The first-order chi connectivity index (χ1) is 7.38. The van der Waals surface area contributed by atoms with Crippen LogP contribution in [-0.4, -0.2) is 13.1 Å². The van der Waals surface area contributed by atoms with E-state index in [9.17, 15) is 0 Å². The molecule has 0 bridgehead atoms. The second-order valence-electron chi connectivity index (χ2n) is 4.66. The van der Waals surface area contributed by atoms with Crippen molar-refractivity contribution in [3.63, 3.8) is 0 Å². The lowest BCUT2D eigenvalue weighted by molar-refractivity contribution is 0.191. The number of rotatable bonds is 1. The SMILES string of the molecule is N#Cc1cccc(C2CC3CNCC32)c1. The van der Waals surface area contributed by atoms with E-state index in [-0.39, 0.29) is 0 Å². The molecular formula is C13H14N2. The third kappa shape index (κ3) is 1.35. The Morgan fingerprint density at radius 3 is 3.07 bits per heavy atom. The molecule has 1 saturated heterocycles. The van der Waals surface area contributed by atoms with Gasteiger partial charge in [-0.3, -0.25) is 0 Å². The Morgan fingerprint density at radius 1 is 1.33 bits per heavy atom. The van der Waals surface area contributed by atoms with E-state index in [0.29, 0.717) is 5.92 Å². The maximum Gasteiger partial charge on any atom is 0.0991 e. The smallest absolute Gasteiger partial charge is 0.0991 e. The summed E-state index contributed by atoms with van der Waals surface area (Å²) in [7, 11) is 0. The fraction of sp³-hybridized carbons (Fsp3) is 0.462. The molecule has 1 aromatic rings. The van der Waals surface area contributed by atoms with Crippen LogP contribution in [0.5, 0.6) is 0 Å². The van der Waals surface area contributed by atoms with Crippen LogP contribution in [-0.2, 0) is 0 Å². The van der Waals surface area contributed by atoms with Gasteiger partial charge in [-0.1, -0.05) is 12.1 Å². The fourth-order valence-corrected chi connectivity index (χ4v) is 3.01. The van der Waals surface area contributed by atoms with Crippen LogP contribution in [0.15, 0.2) is 24.3 Å². The van der Waals surface area contributed by atoms with Crippen molar-refractivity contribution in [3.05, 3.63) is 35.4 Å². The summed E-state index contributed by atoms with van der Waals surface area (Å²) in [5, 5.41) is 12.3. The van der Waals surface area contributed by atoms with Crippen LogP contribution in [0.25, 0.3) is 0 Å². The van der Waals surface area contributed by atoms with Crippen molar-refractivity contribution in [3.8, 4) is 6.07 Å². The second-order valence-corrected chi connectivity index (χ2v) is 4.66. The Bertz CT molecular complexity index is 419. The van der Waals surface area contributed by atoms with Crippen LogP contribution in [0.3, 0.4) is 0 Å². The minimum atomic E-state index is 0.693. The van der Waals surface area contributed by atoms with Crippen LogP contribution >= 0.6 is 0 Å². The topological polar surface area (TPSA) is 35.8 Å². The Balaban J connectivity index is 1.85. The zero-order chi connectivity index (χ0) is 10.3. The minimum absolute atomic E-state index is 0.693. The molecule has 2 nitrogen and oxygen atoms in total. The molecule has 3 rings (SSSR count). The van der Waals surface area contributed by atoms with E-state index in [4.69, 9.17) is 5.26 Å². The number of nitriles is 1. The summed E-state index contributed by atoms with van der Waals surface area (Å²) >= 11 is 0. The molecule has 3 unspecified atom stereocenters. The molecular weight excluding hydrogens is 184 g/mol. The lowest BCUT2D eigenvalue weighted by Crippen LogP contribution is -2.33. The van der Waals surface area contributed by atoms with E-state index >= 15 is 0 Å². The lowest BCUT2D eigenvalue weighted by Gasteiger charge is -2.40. The molecule has 0 amide bonds. The van der Waals surface area contributed by atoms with Gasteiger partial charge in [-0.2, -0.15) is 5.26 Å². The first-order valence-electron chi connectivity index (χ1n) is 5.59. The van der Waals surface area contributed by atoms with Crippen molar-refractivity contribution >= 4 is 0 Å². The minimum Gasteiger partial charge on any atom is -0.316 e. The normalized spacial score (nSPS) is 32.9. The molecule has 1 aliphatic carbocycles. The van der Waals surface area contributed by atoms with E-state index in [1.165, 1.54) is 18.5 Å². The Hall–Kier alpha value is -1.33. The summed E-state index contributed by atoms with van der Waals surface area (Å²) in [6.45, 7) is 2.35. The highest BCUT2D eigenvalue weighted by Crippen LogP contribution is 2.48. The number of nitrogens with one attached hydrogen (secondary N) is 1. The van der Waals surface area contributed by atoms with Gasteiger partial charge >= 0.3 is 0 Å². The molecule has 0 radical (unpaired) electrons. The van der Waals surface area contributed by atoms with Gasteiger partial charge < -0.3 is 5.32 Å². The van der Waals surface area contributed by atoms with Crippen molar-refractivity contribution in [1.82, 2.24) is 5.32 Å². The van der Waals surface area contributed by atoms with Gasteiger partial charge in [0.25, 0.3) is 0 Å². The third-order valence-corrected chi connectivity index (χ3v) is 3.91. The van der Waals surface area contributed by atoms with Gasteiger partial charge in [0.05, 0.1) is 11.6 Å². The number of hydrogen-bond acceptors (Lipinski definition) is 2. The summed E-state index contributed by atoms with van der Waals surface area (Å²) in [5.74, 6) is 2.40. The molecule has 2 fully saturated rings. The van der Waals surface area contributed by atoms with Crippen molar-refractivity contribution in [2.24, 2.45) is 11.8 Å². The standard InChI is InChI=1S/C13H14N2/c14-6-9-2-1-3-10(4-9)12-5-11-7-15-8-13(11)12/h1-4,11-13,15H,5,7-8H2. The van der Waals surface area contributed by atoms with E-state index in [1.807, 2.05) is 12.1 Å². The Labute approximate surface area is 89.9 Å². The highest BCUT2D eigenvalue weighted by atomic mass is 14.9. The zero-order valence-corrected chi connectivity index (χ0v) is 8.61. The summed E-state index contributed by atoms with van der Waals surface area (Å²) in [6.07, 6.45) is 1.30. The summed E-state index contributed by atoms with van der Waals surface area (Å²) in [4.78, 5) is 0. The van der Waals surface area contributed by atoms with Gasteiger partial charge in [-0.05, 0) is 55.0 Å². The fourth-order valence-electron chi connectivity index (χ4n) is 3.01. The van der Waals surface area contributed by atoms with Gasteiger partial charge in [0.1, 0.15) is 0 Å². The Kier molecular flexibility index (Phi) is 2.00. The molecule has 0 aromatic heterocycles. The van der Waals surface area contributed by atoms with Crippen LogP contribution in [0.4, 0.5) is 0 Å². The van der Waals surface area contributed by atoms with Gasteiger partial charge in [0, 0.05) is 0 Å². The largest absolute Gasteiger partial charge is 0.316 e. The second kappa shape index (κ2) is 3.36. The summed E-state index contributed by atoms with van der Waals surface area (Å²) in [6, 6.07) is 10.3. The average molecular weight is 198 g/mol. The highest BCUT2D eigenvalue weighted by Gasteiger charge is 2.44. The highest BCUT2D eigenvalue weighted by molar-refractivity contribution is 5.36. The number of hydrogen-bond donors (Lipinski definition) is 1. The van der Waals surface area contributed by atoms with Crippen molar-refractivity contribution < 1.29 is 0 Å². The maximum absolute atomic E-state index is 8.86. The lowest BCUT2D eigenvalue weighted by atomic mass is 9.64. The monoisotopic (exact) mass is 198 g/mol. The maximum atomic E-state index is 8.86. The van der Waals surface area contributed by atoms with Gasteiger partial charge in [-0.15, -0.1) is 0 Å². The first-order valence-corrected chi connectivity index (χ1v) is 5.59. The first kappa shape index (κ1) is 8.94. The molecule has 0 spiro atoms.